The molecule has 106 valence electrons. The van der Waals surface area contributed by atoms with Gasteiger partial charge < -0.3 is 20.1 Å². The van der Waals surface area contributed by atoms with Crippen LogP contribution in [0.5, 0.6) is 0 Å². The highest BCUT2D eigenvalue weighted by atomic mass is 16.5. The number of nitrogens with one attached hydrogen (secondary N) is 2. The molecule has 2 atom stereocenters. The average Bonchev–Trinajstić information content (AvgIpc) is 2.42. The molecule has 5 nitrogen and oxygen atoms in total. The number of carbonyl (C=O) groups is 1. The minimum Gasteiger partial charge on any atom is -0.379 e. The van der Waals surface area contributed by atoms with Crippen LogP contribution in [0.2, 0.25) is 0 Å². The molecule has 1 saturated heterocycles. The number of carbonyl (C=O) groups excluding carboxylic acids is 1. The predicted octanol–water partition coefficient (Wildman–Crippen LogP) is 0.544. The van der Waals surface area contributed by atoms with Crippen molar-refractivity contribution in [3.8, 4) is 0 Å². The second-order valence-corrected chi connectivity index (χ2v) is 4.67. The van der Waals surface area contributed by atoms with E-state index in [2.05, 4.69) is 10.6 Å². The molecule has 2 N–H and O–H groups in total. The lowest BCUT2D eigenvalue weighted by Crippen LogP contribution is -2.41. The molecule has 0 aromatic heterocycles. The van der Waals surface area contributed by atoms with E-state index in [0.29, 0.717) is 25.7 Å². The van der Waals surface area contributed by atoms with Crippen molar-refractivity contribution >= 4 is 5.91 Å². The predicted molar refractivity (Wildman–Crippen MR) is 70.5 cm³/mol. The van der Waals surface area contributed by atoms with Crippen LogP contribution in [0.3, 0.4) is 0 Å². The monoisotopic (exact) mass is 258 g/mol. The SMILES string of the molecule is CCOCCOC(C)C(=O)NCC1CCCNC1. The van der Waals surface area contributed by atoms with Gasteiger partial charge in [0.15, 0.2) is 0 Å². The van der Waals surface area contributed by atoms with Crippen molar-refractivity contribution in [2.24, 2.45) is 5.92 Å². The van der Waals surface area contributed by atoms with E-state index in [-0.39, 0.29) is 5.91 Å². The molecular weight excluding hydrogens is 232 g/mol. The molecule has 1 rings (SSSR count). The van der Waals surface area contributed by atoms with Crippen molar-refractivity contribution < 1.29 is 14.3 Å². The number of piperidine rings is 1. The van der Waals surface area contributed by atoms with E-state index in [9.17, 15) is 4.79 Å². The van der Waals surface area contributed by atoms with Crippen molar-refractivity contribution in [1.29, 1.82) is 0 Å². The summed E-state index contributed by atoms with van der Waals surface area (Å²) in [4.78, 5) is 11.8. The zero-order valence-electron chi connectivity index (χ0n) is 11.5. The van der Waals surface area contributed by atoms with Crippen LogP contribution < -0.4 is 10.6 Å². The van der Waals surface area contributed by atoms with Crippen LogP contribution in [0.4, 0.5) is 0 Å². The van der Waals surface area contributed by atoms with Crippen molar-refractivity contribution in [2.75, 3.05) is 39.5 Å². The van der Waals surface area contributed by atoms with Crippen LogP contribution in [0.15, 0.2) is 0 Å². The molecule has 0 saturated carbocycles. The normalized spacial score (nSPS) is 21.6. The lowest BCUT2D eigenvalue weighted by molar-refractivity contribution is -0.132. The van der Waals surface area contributed by atoms with Crippen molar-refractivity contribution in [3.05, 3.63) is 0 Å². The molecular formula is C13H26N2O3. The van der Waals surface area contributed by atoms with Gasteiger partial charge in [-0.3, -0.25) is 4.79 Å². The Hall–Kier alpha value is -0.650. The van der Waals surface area contributed by atoms with E-state index < -0.39 is 6.10 Å². The Bertz CT molecular complexity index is 230. The molecule has 1 amide bonds. The first-order valence-corrected chi connectivity index (χ1v) is 6.91. The maximum Gasteiger partial charge on any atom is 0.248 e. The van der Waals surface area contributed by atoms with Gasteiger partial charge in [0, 0.05) is 13.2 Å². The third-order valence-corrected chi connectivity index (χ3v) is 3.13. The van der Waals surface area contributed by atoms with Gasteiger partial charge in [0.05, 0.1) is 13.2 Å². The van der Waals surface area contributed by atoms with E-state index in [0.717, 1.165) is 19.6 Å². The molecule has 0 aliphatic carbocycles. The number of hydrogen-bond acceptors (Lipinski definition) is 4. The lowest BCUT2D eigenvalue weighted by Gasteiger charge is -2.23. The minimum absolute atomic E-state index is 0.0305. The summed E-state index contributed by atoms with van der Waals surface area (Å²) in [6.07, 6.45) is 1.98. The van der Waals surface area contributed by atoms with E-state index >= 15 is 0 Å². The Kier molecular flexibility index (Phi) is 7.96. The highest BCUT2D eigenvalue weighted by molar-refractivity contribution is 5.80. The first-order valence-electron chi connectivity index (χ1n) is 6.91. The summed E-state index contributed by atoms with van der Waals surface area (Å²) in [5.41, 5.74) is 0. The standard InChI is InChI=1S/C13H26N2O3/c1-3-17-7-8-18-11(2)13(16)15-10-12-5-4-6-14-9-12/h11-12,14H,3-10H2,1-2H3,(H,15,16). The van der Waals surface area contributed by atoms with Gasteiger partial charge in [-0.15, -0.1) is 0 Å². The molecule has 1 aliphatic rings. The van der Waals surface area contributed by atoms with E-state index in [1.54, 1.807) is 6.92 Å². The fourth-order valence-electron chi connectivity index (χ4n) is 1.99. The fourth-order valence-corrected chi connectivity index (χ4v) is 1.99. The van der Waals surface area contributed by atoms with Gasteiger partial charge in [-0.1, -0.05) is 0 Å². The maximum atomic E-state index is 11.8. The summed E-state index contributed by atoms with van der Waals surface area (Å²) in [7, 11) is 0. The minimum atomic E-state index is -0.401. The Labute approximate surface area is 110 Å². The van der Waals surface area contributed by atoms with E-state index in [1.165, 1.54) is 12.8 Å². The molecule has 1 fully saturated rings. The first-order chi connectivity index (χ1) is 8.74. The van der Waals surface area contributed by atoms with E-state index in [4.69, 9.17) is 9.47 Å². The smallest absolute Gasteiger partial charge is 0.248 e. The molecule has 1 aliphatic heterocycles. The fraction of sp³-hybridized carbons (Fsp3) is 0.923. The van der Waals surface area contributed by atoms with Gasteiger partial charge in [0.25, 0.3) is 0 Å². The van der Waals surface area contributed by atoms with Crippen LogP contribution in [0.1, 0.15) is 26.7 Å². The molecule has 0 aromatic carbocycles. The summed E-state index contributed by atoms with van der Waals surface area (Å²) in [6, 6.07) is 0. The molecule has 18 heavy (non-hydrogen) atoms. The van der Waals surface area contributed by atoms with Crippen molar-refractivity contribution in [2.45, 2.75) is 32.8 Å². The quantitative estimate of drug-likeness (QED) is 0.624. The molecule has 0 radical (unpaired) electrons. The van der Waals surface area contributed by atoms with E-state index in [1.807, 2.05) is 6.92 Å². The topological polar surface area (TPSA) is 59.6 Å². The van der Waals surface area contributed by atoms with Gasteiger partial charge in [0.1, 0.15) is 6.10 Å². The Morgan fingerprint density at radius 1 is 1.50 bits per heavy atom. The van der Waals surface area contributed by atoms with Gasteiger partial charge in [-0.2, -0.15) is 0 Å². The summed E-state index contributed by atoms with van der Waals surface area (Å²) in [6.45, 7) is 8.24. The summed E-state index contributed by atoms with van der Waals surface area (Å²) in [5.74, 6) is 0.524. The largest absolute Gasteiger partial charge is 0.379 e. The molecule has 2 unspecified atom stereocenters. The lowest BCUT2D eigenvalue weighted by atomic mass is 10.00. The number of hydrogen-bond donors (Lipinski definition) is 2. The molecule has 0 spiro atoms. The Balaban J connectivity index is 2.07. The van der Waals surface area contributed by atoms with Gasteiger partial charge in [-0.05, 0) is 45.7 Å². The zero-order valence-corrected chi connectivity index (χ0v) is 11.5. The van der Waals surface area contributed by atoms with Crippen molar-refractivity contribution in [3.63, 3.8) is 0 Å². The third kappa shape index (κ3) is 6.33. The van der Waals surface area contributed by atoms with Crippen LogP contribution in [0.25, 0.3) is 0 Å². The Morgan fingerprint density at radius 3 is 3.00 bits per heavy atom. The molecule has 0 bridgehead atoms. The van der Waals surface area contributed by atoms with Crippen LogP contribution in [-0.4, -0.2) is 51.5 Å². The zero-order chi connectivity index (χ0) is 13.2. The molecule has 5 heteroatoms. The maximum absolute atomic E-state index is 11.8. The molecule has 0 aromatic rings. The average molecular weight is 258 g/mol. The number of ether oxygens (including phenoxy) is 2. The first kappa shape index (κ1) is 15.4. The second kappa shape index (κ2) is 9.30. The number of rotatable bonds is 8. The summed E-state index contributed by atoms with van der Waals surface area (Å²) < 4.78 is 10.5. The second-order valence-electron chi connectivity index (χ2n) is 4.67. The highest BCUT2D eigenvalue weighted by Crippen LogP contribution is 2.08. The third-order valence-electron chi connectivity index (χ3n) is 3.13. The Morgan fingerprint density at radius 2 is 2.33 bits per heavy atom. The highest BCUT2D eigenvalue weighted by Gasteiger charge is 2.17. The summed E-state index contributed by atoms with van der Waals surface area (Å²) in [5, 5.41) is 6.29. The molecule has 1 heterocycles. The van der Waals surface area contributed by atoms with Crippen LogP contribution in [0, 0.1) is 5.92 Å². The van der Waals surface area contributed by atoms with Gasteiger partial charge in [-0.25, -0.2) is 0 Å². The van der Waals surface area contributed by atoms with Gasteiger partial charge in [0.2, 0.25) is 5.91 Å². The number of amides is 1. The van der Waals surface area contributed by atoms with Crippen LogP contribution >= 0.6 is 0 Å². The summed E-state index contributed by atoms with van der Waals surface area (Å²) >= 11 is 0. The van der Waals surface area contributed by atoms with Gasteiger partial charge >= 0.3 is 0 Å². The van der Waals surface area contributed by atoms with Crippen LogP contribution in [-0.2, 0) is 14.3 Å². The van der Waals surface area contributed by atoms with Crippen molar-refractivity contribution in [1.82, 2.24) is 10.6 Å².